The molecule has 4 rings (SSSR count). The van der Waals surface area contributed by atoms with Gasteiger partial charge in [0.25, 0.3) is 0 Å². The molecular weight excluding hydrogens is 927 g/mol. The summed E-state index contributed by atoms with van der Waals surface area (Å²) in [6.07, 6.45) is 0. The number of methoxy groups -OCH3 is 2. The number of benzene rings is 4. The molecule has 0 aliphatic carbocycles. The minimum atomic E-state index is -4.94. The number of anilines is 1. The van der Waals surface area contributed by atoms with Crippen LogP contribution in [0.15, 0.2) is 101 Å². The summed E-state index contributed by atoms with van der Waals surface area (Å²) >= 11 is 0. The van der Waals surface area contributed by atoms with Crippen LogP contribution in [0.3, 0.4) is 0 Å². The second kappa shape index (κ2) is 20.1. The third kappa shape index (κ3) is 13.7. The van der Waals surface area contributed by atoms with Gasteiger partial charge in [-0.2, -0.15) is 21.9 Å². The zero-order valence-electron chi connectivity index (χ0n) is 32.4. The molecule has 63 heavy (non-hydrogen) atoms. The lowest BCUT2D eigenvalue weighted by molar-refractivity contribution is -0.114. The number of phenols is 2. The van der Waals surface area contributed by atoms with Gasteiger partial charge in [0.2, 0.25) is 5.91 Å². The van der Waals surface area contributed by atoms with Crippen LogP contribution in [0.5, 0.6) is 23.0 Å². The van der Waals surface area contributed by atoms with Crippen LogP contribution >= 0.6 is 0 Å². The fourth-order valence-corrected chi connectivity index (χ4v) is 7.91. The van der Waals surface area contributed by atoms with Gasteiger partial charge in [-0.1, -0.05) is 0 Å². The van der Waals surface area contributed by atoms with Gasteiger partial charge in [0, 0.05) is 6.92 Å². The van der Waals surface area contributed by atoms with E-state index in [4.69, 9.17) is 18.6 Å². The molecule has 6 N–H and O–H groups in total. The van der Waals surface area contributed by atoms with E-state index < -0.39 is 110 Å². The number of nitrogens with one attached hydrogen (secondary N) is 1. The van der Waals surface area contributed by atoms with E-state index >= 15 is 0 Å². The first-order valence-corrected chi connectivity index (χ1v) is 22.9. The molecule has 338 valence electrons. The third-order valence-electron chi connectivity index (χ3n) is 7.72. The maximum absolute atomic E-state index is 12.8. The number of carboxylic acids is 1. The standard InChI is InChI=1S/C33H33N7O19S4/c1-18(41)34-24-14-19(4-7-23(24)36-37-25-15-20(5-8-28(25)56-2)60(46,47)12-10-58-62(50,51)52)35-40-31-27(42)17-22(33(44)45)30(32(31)43)39-38-26-16-21(6-9-29(26)57-3)61(48,49)13-11-59-63(53,54)55/h4-9,14-17,42-43H,10-13H2,1-3H3,(H,34,41)(H,44,45)(H,50,51,52)(H,53,54,55). The molecule has 0 radical (unpaired) electrons. The molecule has 1 amide bonds. The Labute approximate surface area is 357 Å². The number of hydrogen-bond acceptors (Lipinski definition) is 22. The minimum Gasteiger partial charge on any atom is -0.505 e. The maximum Gasteiger partial charge on any atom is 0.397 e. The quantitative estimate of drug-likeness (QED) is 0.0489. The number of hydrogen-bond donors (Lipinski definition) is 6. The van der Waals surface area contributed by atoms with Crippen molar-refractivity contribution in [3.05, 3.63) is 66.2 Å². The predicted octanol–water partition coefficient (Wildman–Crippen LogP) is 5.20. The summed E-state index contributed by atoms with van der Waals surface area (Å²) in [7, 11) is -15.9. The van der Waals surface area contributed by atoms with Crippen molar-refractivity contribution in [3.8, 4) is 23.0 Å². The number of aromatic hydroxyl groups is 2. The summed E-state index contributed by atoms with van der Waals surface area (Å²) < 4.78 is 130. The van der Waals surface area contributed by atoms with Gasteiger partial charge in [-0.15, -0.1) is 25.6 Å². The monoisotopic (exact) mass is 959 g/mol. The summed E-state index contributed by atoms with van der Waals surface area (Å²) in [5.41, 5.74) is -2.91. The molecule has 0 bridgehead atoms. The Morgan fingerprint density at radius 1 is 0.619 bits per heavy atom. The zero-order chi connectivity index (χ0) is 46.9. The molecule has 0 saturated heterocycles. The van der Waals surface area contributed by atoms with E-state index in [-0.39, 0.29) is 44.8 Å². The highest BCUT2D eigenvalue weighted by Gasteiger charge is 2.24. The van der Waals surface area contributed by atoms with Crippen molar-refractivity contribution >= 4 is 92.2 Å². The fourth-order valence-electron chi connectivity index (χ4n) is 4.90. The Bertz CT molecular complexity index is 2980. The number of phenolic OH excluding ortho intramolecular Hbond substituents is 2. The molecule has 0 unspecified atom stereocenters. The van der Waals surface area contributed by atoms with Gasteiger partial charge in [-0.25, -0.2) is 30.0 Å². The zero-order valence-corrected chi connectivity index (χ0v) is 35.6. The molecule has 0 aliphatic rings. The number of rotatable bonds is 20. The van der Waals surface area contributed by atoms with Gasteiger partial charge in [0.15, 0.2) is 31.1 Å². The number of sulfone groups is 2. The van der Waals surface area contributed by atoms with Gasteiger partial charge in [0.05, 0.1) is 65.7 Å². The number of carboxylic acid groups (broad SMARTS) is 1. The van der Waals surface area contributed by atoms with Gasteiger partial charge < -0.3 is 30.1 Å². The summed E-state index contributed by atoms with van der Waals surface area (Å²) in [5.74, 6) is -6.07. The second-order valence-corrected chi connectivity index (χ2v) is 18.5. The number of carbonyl (C=O) groups excluding carboxylic acids is 1. The Morgan fingerprint density at radius 2 is 1.10 bits per heavy atom. The first-order chi connectivity index (χ1) is 29.3. The van der Waals surface area contributed by atoms with Crippen molar-refractivity contribution in [3.63, 3.8) is 0 Å². The van der Waals surface area contributed by atoms with Crippen molar-refractivity contribution in [1.82, 2.24) is 0 Å². The van der Waals surface area contributed by atoms with E-state index in [1.807, 2.05) is 0 Å². The smallest absolute Gasteiger partial charge is 0.397 e. The Morgan fingerprint density at radius 3 is 1.56 bits per heavy atom. The van der Waals surface area contributed by atoms with Crippen LogP contribution in [0.4, 0.5) is 39.8 Å². The minimum absolute atomic E-state index is 0.0287. The Balaban J connectivity index is 1.70. The number of azo groups is 3. The largest absolute Gasteiger partial charge is 0.505 e. The first kappa shape index (κ1) is 49.1. The summed E-state index contributed by atoms with van der Waals surface area (Å²) in [5, 5.41) is 57.5. The predicted molar refractivity (Wildman–Crippen MR) is 215 cm³/mol. The molecule has 0 fully saturated rings. The highest BCUT2D eigenvalue weighted by Crippen LogP contribution is 2.47. The first-order valence-electron chi connectivity index (χ1n) is 16.9. The lowest BCUT2D eigenvalue weighted by atomic mass is 10.1. The fraction of sp³-hybridized carbons (Fsp3) is 0.212. The van der Waals surface area contributed by atoms with E-state index in [0.717, 1.165) is 37.3 Å². The molecule has 0 saturated carbocycles. The number of aromatic carboxylic acids is 1. The topological polar surface area (TPSA) is 395 Å². The molecule has 26 nitrogen and oxygen atoms in total. The van der Waals surface area contributed by atoms with E-state index in [9.17, 15) is 58.6 Å². The van der Waals surface area contributed by atoms with Crippen LogP contribution in [-0.2, 0) is 53.6 Å². The lowest BCUT2D eigenvalue weighted by Crippen LogP contribution is -2.15. The molecule has 0 aromatic heterocycles. The van der Waals surface area contributed by atoms with Gasteiger partial charge >= 0.3 is 26.8 Å². The summed E-state index contributed by atoms with van der Waals surface area (Å²) in [4.78, 5) is 23.4. The maximum atomic E-state index is 12.8. The summed E-state index contributed by atoms with van der Waals surface area (Å²) in [6, 6.07) is 11.0. The van der Waals surface area contributed by atoms with Gasteiger partial charge in [-0.05, 0) is 60.7 Å². The molecular formula is C33H33N7O19S4. The summed E-state index contributed by atoms with van der Waals surface area (Å²) in [6.45, 7) is -0.678. The molecule has 4 aromatic carbocycles. The van der Waals surface area contributed by atoms with Crippen LogP contribution < -0.4 is 14.8 Å². The molecule has 0 heterocycles. The average molecular weight is 960 g/mol. The second-order valence-electron chi connectivity index (χ2n) is 12.1. The molecule has 0 atom stereocenters. The Hall–Kier alpha value is -6.54. The van der Waals surface area contributed by atoms with E-state index in [1.165, 1.54) is 38.5 Å². The van der Waals surface area contributed by atoms with Crippen molar-refractivity contribution < 1.29 is 85.5 Å². The lowest BCUT2D eigenvalue weighted by Gasteiger charge is -2.10. The van der Waals surface area contributed by atoms with Crippen molar-refractivity contribution in [2.45, 2.75) is 16.7 Å². The van der Waals surface area contributed by atoms with Crippen molar-refractivity contribution in [2.24, 2.45) is 30.7 Å². The SMILES string of the molecule is COc1ccc(S(=O)(=O)CCOS(=O)(=O)O)cc1N=Nc1ccc(N=Nc2c(O)cc(C(=O)O)c(N=Nc3cc(S(=O)(=O)CCOS(=O)(=O)O)ccc3OC)c2O)cc1NC(C)=O. The highest BCUT2D eigenvalue weighted by atomic mass is 32.3. The van der Waals surface area contributed by atoms with Crippen molar-refractivity contribution in [1.29, 1.82) is 0 Å². The van der Waals surface area contributed by atoms with Crippen LogP contribution in [0.25, 0.3) is 0 Å². The Kier molecular flexibility index (Phi) is 15.7. The number of ether oxygens (including phenoxy) is 2. The van der Waals surface area contributed by atoms with Crippen LogP contribution in [0, 0.1) is 0 Å². The third-order valence-corrected chi connectivity index (χ3v) is 12.0. The van der Waals surface area contributed by atoms with Crippen LogP contribution in [0.2, 0.25) is 0 Å². The molecule has 0 aliphatic heterocycles. The number of nitrogens with zero attached hydrogens (tertiary/aromatic N) is 6. The van der Waals surface area contributed by atoms with Crippen molar-refractivity contribution in [2.75, 3.05) is 44.3 Å². The normalized spacial score (nSPS) is 12.6. The molecule has 4 aromatic rings. The van der Waals surface area contributed by atoms with Gasteiger partial charge in [-0.3, -0.25) is 13.9 Å². The highest BCUT2D eigenvalue weighted by molar-refractivity contribution is 7.91. The van der Waals surface area contributed by atoms with Crippen LogP contribution in [-0.4, -0.2) is 109 Å². The van der Waals surface area contributed by atoms with E-state index in [0.29, 0.717) is 6.07 Å². The number of amides is 1. The van der Waals surface area contributed by atoms with E-state index in [2.05, 4.69) is 44.4 Å². The number of carbonyl (C=O) groups is 2. The van der Waals surface area contributed by atoms with E-state index in [1.54, 1.807) is 0 Å². The molecule has 30 heteroatoms. The average Bonchev–Trinajstić information content (AvgIpc) is 3.18. The van der Waals surface area contributed by atoms with Gasteiger partial charge in [0.1, 0.15) is 40.0 Å². The van der Waals surface area contributed by atoms with Crippen LogP contribution in [0.1, 0.15) is 17.3 Å². The molecule has 0 spiro atoms.